The standard InChI is InChI=1S/C15H21NO3.C2H6/c1-10-5-7-11(8-6-10)18-13-9-12(13)16-14(17)19-15(2,3)4;1-2/h5-8,12-13H,9H2,1-4H3,(H,16,17);1-2H3. The number of nitrogens with one attached hydrogen (secondary N) is 1. The number of carbonyl (C=O) groups excluding carboxylic acids is 1. The first-order chi connectivity index (χ1) is 9.83. The van der Waals surface area contributed by atoms with Gasteiger partial charge in [0.2, 0.25) is 0 Å². The molecule has 1 N–H and O–H groups in total. The van der Waals surface area contributed by atoms with E-state index in [9.17, 15) is 4.79 Å². The van der Waals surface area contributed by atoms with Crippen molar-refractivity contribution < 1.29 is 14.3 Å². The summed E-state index contributed by atoms with van der Waals surface area (Å²) in [5.41, 5.74) is 0.735. The van der Waals surface area contributed by atoms with Crippen LogP contribution >= 0.6 is 0 Å². The van der Waals surface area contributed by atoms with Crippen LogP contribution in [0.2, 0.25) is 0 Å². The molecule has 1 aromatic carbocycles. The summed E-state index contributed by atoms with van der Waals surface area (Å²) in [7, 11) is 0. The lowest BCUT2D eigenvalue weighted by molar-refractivity contribution is 0.0516. The van der Waals surface area contributed by atoms with Gasteiger partial charge in [-0.25, -0.2) is 4.79 Å². The fourth-order valence-electron chi connectivity index (χ4n) is 1.70. The number of aryl methyl sites for hydroxylation is 1. The molecule has 21 heavy (non-hydrogen) atoms. The third-order valence-electron chi connectivity index (χ3n) is 2.74. The molecule has 4 nitrogen and oxygen atoms in total. The summed E-state index contributed by atoms with van der Waals surface area (Å²) < 4.78 is 11.0. The molecule has 1 saturated carbocycles. The van der Waals surface area contributed by atoms with Gasteiger partial charge in [0.25, 0.3) is 0 Å². The number of hydrogen-bond acceptors (Lipinski definition) is 3. The Morgan fingerprint density at radius 2 is 1.76 bits per heavy atom. The minimum absolute atomic E-state index is 0.0511. The Morgan fingerprint density at radius 1 is 1.19 bits per heavy atom. The van der Waals surface area contributed by atoms with Crippen LogP contribution in [0.4, 0.5) is 4.79 Å². The van der Waals surface area contributed by atoms with Crippen molar-refractivity contribution in [3.63, 3.8) is 0 Å². The molecule has 2 unspecified atom stereocenters. The van der Waals surface area contributed by atoms with Gasteiger partial charge in [-0.2, -0.15) is 0 Å². The Labute approximate surface area is 127 Å². The van der Waals surface area contributed by atoms with Crippen molar-refractivity contribution in [2.24, 2.45) is 0 Å². The highest BCUT2D eigenvalue weighted by molar-refractivity contribution is 5.68. The first-order valence-electron chi connectivity index (χ1n) is 7.56. The highest BCUT2D eigenvalue weighted by atomic mass is 16.6. The smallest absolute Gasteiger partial charge is 0.408 e. The molecule has 1 fully saturated rings. The van der Waals surface area contributed by atoms with Crippen molar-refractivity contribution in [2.75, 3.05) is 0 Å². The van der Waals surface area contributed by atoms with Crippen LogP contribution < -0.4 is 10.1 Å². The minimum Gasteiger partial charge on any atom is -0.488 e. The zero-order valence-electron chi connectivity index (χ0n) is 13.9. The van der Waals surface area contributed by atoms with Crippen LogP contribution in [-0.2, 0) is 4.74 Å². The van der Waals surface area contributed by atoms with Crippen molar-refractivity contribution in [1.82, 2.24) is 5.32 Å². The zero-order chi connectivity index (χ0) is 16.0. The molecule has 1 aromatic rings. The first kappa shape index (κ1) is 17.3. The first-order valence-corrected chi connectivity index (χ1v) is 7.56. The van der Waals surface area contributed by atoms with Gasteiger partial charge in [-0.05, 0) is 39.8 Å². The molecule has 1 aliphatic carbocycles. The van der Waals surface area contributed by atoms with Crippen molar-refractivity contribution in [3.05, 3.63) is 29.8 Å². The molecule has 1 amide bonds. The van der Waals surface area contributed by atoms with Crippen molar-refractivity contribution in [2.45, 2.75) is 65.7 Å². The van der Waals surface area contributed by atoms with E-state index in [2.05, 4.69) is 5.32 Å². The van der Waals surface area contributed by atoms with E-state index >= 15 is 0 Å². The summed E-state index contributed by atoms with van der Waals surface area (Å²) in [4.78, 5) is 11.6. The third kappa shape index (κ3) is 6.52. The van der Waals surface area contributed by atoms with E-state index in [-0.39, 0.29) is 18.2 Å². The molecule has 1 aliphatic rings. The van der Waals surface area contributed by atoms with Crippen LogP contribution in [-0.4, -0.2) is 23.8 Å². The molecule has 2 rings (SSSR count). The third-order valence-corrected chi connectivity index (χ3v) is 2.74. The fraction of sp³-hybridized carbons (Fsp3) is 0.588. The molecule has 0 saturated heterocycles. The zero-order valence-corrected chi connectivity index (χ0v) is 13.9. The van der Waals surface area contributed by atoms with Gasteiger partial charge in [-0.3, -0.25) is 0 Å². The van der Waals surface area contributed by atoms with Crippen molar-refractivity contribution in [3.8, 4) is 5.75 Å². The second kappa shape index (κ2) is 7.34. The largest absolute Gasteiger partial charge is 0.488 e. The van der Waals surface area contributed by atoms with Gasteiger partial charge < -0.3 is 14.8 Å². The summed E-state index contributed by atoms with van der Waals surface area (Å²) in [6.07, 6.45) is 0.496. The van der Waals surface area contributed by atoms with Gasteiger partial charge in [0.15, 0.2) is 0 Å². The average Bonchev–Trinajstić information content (AvgIpc) is 3.10. The lowest BCUT2D eigenvalue weighted by Crippen LogP contribution is -2.35. The summed E-state index contributed by atoms with van der Waals surface area (Å²) in [6, 6.07) is 7.95. The summed E-state index contributed by atoms with van der Waals surface area (Å²) >= 11 is 0. The van der Waals surface area contributed by atoms with Crippen molar-refractivity contribution >= 4 is 6.09 Å². The maximum absolute atomic E-state index is 11.6. The van der Waals surface area contributed by atoms with E-state index in [1.807, 2.05) is 65.8 Å². The van der Waals surface area contributed by atoms with Crippen LogP contribution in [0, 0.1) is 6.92 Å². The van der Waals surface area contributed by atoms with E-state index < -0.39 is 5.60 Å². The SMILES string of the molecule is CC.Cc1ccc(OC2CC2NC(=O)OC(C)(C)C)cc1. The molecular weight excluding hydrogens is 266 g/mol. The van der Waals surface area contributed by atoms with Gasteiger partial charge in [-0.1, -0.05) is 31.5 Å². The number of alkyl carbamates (subject to hydrolysis) is 1. The van der Waals surface area contributed by atoms with Gasteiger partial charge in [-0.15, -0.1) is 0 Å². The van der Waals surface area contributed by atoms with Gasteiger partial charge >= 0.3 is 6.09 Å². The summed E-state index contributed by atoms with van der Waals surface area (Å²) in [5.74, 6) is 0.837. The highest BCUT2D eigenvalue weighted by Gasteiger charge is 2.41. The maximum Gasteiger partial charge on any atom is 0.408 e. The monoisotopic (exact) mass is 293 g/mol. The maximum atomic E-state index is 11.6. The number of rotatable bonds is 3. The lowest BCUT2D eigenvalue weighted by atomic mass is 10.2. The number of benzene rings is 1. The Bertz CT molecular complexity index is 448. The molecule has 0 spiro atoms. The molecule has 4 heteroatoms. The van der Waals surface area contributed by atoms with Crippen LogP contribution in [0.1, 0.15) is 46.6 Å². The molecule has 118 valence electrons. The van der Waals surface area contributed by atoms with Crippen LogP contribution in [0.5, 0.6) is 5.75 Å². The Balaban J connectivity index is 0.00000106. The highest BCUT2D eigenvalue weighted by Crippen LogP contribution is 2.28. The Hall–Kier alpha value is -1.71. The topological polar surface area (TPSA) is 47.6 Å². The quantitative estimate of drug-likeness (QED) is 0.914. The summed E-state index contributed by atoms with van der Waals surface area (Å²) in [6.45, 7) is 11.6. The normalized spacial score (nSPS) is 19.9. The second-order valence-electron chi connectivity index (χ2n) is 5.96. The van der Waals surface area contributed by atoms with Gasteiger partial charge in [0, 0.05) is 6.42 Å². The number of amides is 1. The van der Waals surface area contributed by atoms with Crippen LogP contribution in [0.15, 0.2) is 24.3 Å². The summed E-state index contributed by atoms with van der Waals surface area (Å²) in [5, 5.41) is 2.81. The van der Waals surface area contributed by atoms with Gasteiger partial charge in [0.05, 0.1) is 6.04 Å². The van der Waals surface area contributed by atoms with Gasteiger partial charge in [0.1, 0.15) is 17.5 Å². The van der Waals surface area contributed by atoms with E-state index in [0.717, 1.165) is 12.2 Å². The molecule has 0 radical (unpaired) electrons. The van der Waals surface area contributed by atoms with E-state index in [1.165, 1.54) is 5.56 Å². The number of ether oxygens (including phenoxy) is 2. The van der Waals surface area contributed by atoms with E-state index in [1.54, 1.807) is 0 Å². The molecule has 2 atom stereocenters. The molecule has 0 heterocycles. The van der Waals surface area contributed by atoms with Crippen LogP contribution in [0.25, 0.3) is 0 Å². The van der Waals surface area contributed by atoms with E-state index in [0.29, 0.717) is 0 Å². The average molecular weight is 293 g/mol. The Morgan fingerprint density at radius 3 is 2.29 bits per heavy atom. The minimum atomic E-state index is -0.466. The number of hydrogen-bond donors (Lipinski definition) is 1. The second-order valence-corrected chi connectivity index (χ2v) is 5.96. The predicted octanol–water partition coefficient (Wildman–Crippen LogP) is 4.07. The molecule has 0 bridgehead atoms. The molecule has 0 aliphatic heterocycles. The number of carbonyl (C=O) groups is 1. The van der Waals surface area contributed by atoms with Crippen molar-refractivity contribution in [1.29, 1.82) is 0 Å². The molecule has 0 aromatic heterocycles. The lowest BCUT2D eigenvalue weighted by Gasteiger charge is -2.19. The van der Waals surface area contributed by atoms with Crippen LogP contribution in [0.3, 0.4) is 0 Å². The fourth-order valence-corrected chi connectivity index (χ4v) is 1.70. The Kier molecular flexibility index (Phi) is 6.06. The molecular formula is C17H27NO3. The van der Waals surface area contributed by atoms with E-state index in [4.69, 9.17) is 9.47 Å². The predicted molar refractivity (Wildman–Crippen MR) is 84.7 cm³/mol.